The van der Waals surface area contributed by atoms with Gasteiger partial charge >= 0.3 is 0 Å². The molecule has 3 aromatic rings. The van der Waals surface area contributed by atoms with Crippen LogP contribution < -0.4 is 4.80 Å². The van der Waals surface area contributed by atoms with Crippen LogP contribution in [-0.2, 0) is 6.54 Å². The van der Waals surface area contributed by atoms with Crippen molar-refractivity contribution in [1.29, 1.82) is 5.26 Å². The van der Waals surface area contributed by atoms with Gasteiger partial charge < -0.3 is 4.57 Å². The molecule has 0 N–H and O–H groups in total. The molecule has 7 heteroatoms. The second kappa shape index (κ2) is 7.13. The molecule has 0 saturated carbocycles. The van der Waals surface area contributed by atoms with Gasteiger partial charge in [-0.15, -0.1) is 6.42 Å². The van der Waals surface area contributed by atoms with Gasteiger partial charge in [0.25, 0.3) is 5.91 Å². The first-order chi connectivity index (χ1) is 12.0. The number of terminal acetylenes is 1. The summed E-state index contributed by atoms with van der Waals surface area (Å²) in [5.74, 6) is 2.11. The molecule has 0 bridgehead atoms. The van der Waals surface area contributed by atoms with Crippen LogP contribution in [0.5, 0.6) is 0 Å². The summed E-state index contributed by atoms with van der Waals surface area (Å²) in [5.41, 5.74) is 1.51. The van der Waals surface area contributed by atoms with Gasteiger partial charge in [-0.05, 0) is 36.4 Å². The van der Waals surface area contributed by atoms with Crippen molar-refractivity contribution >= 4 is 50.7 Å². The van der Waals surface area contributed by atoms with E-state index < -0.39 is 5.91 Å². The second-order valence-electron chi connectivity index (χ2n) is 4.99. The van der Waals surface area contributed by atoms with Crippen LogP contribution in [-0.4, -0.2) is 10.5 Å². The number of fused-ring (bicyclic) bond motifs is 1. The monoisotopic (exact) mass is 385 g/mol. The van der Waals surface area contributed by atoms with E-state index in [0.717, 1.165) is 4.70 Å². The van der Waals surface area contributed by atoms with Crippen molar-refractivity contribution in [3.8, 4) is 18.4 Å². The van der Waals surface area contributed by atoms with Crippen molar-refractivity contribution in [1.82, 2.24) is 4.57 Å². The van der Waals surface area contributed by atoms with E-state index >= 15 is 0 Å². The third-order valence-electron chi connectivity index (χ3n) is 3.44. The molecule has 1 aromatic heterocycles. The number of aromatic nitrogens is 1. The average Bonchev–Trinajstić information content (AvgIpc) is 2.96. The van der Waals surface area contributed by atoms with Crippen molar-refractivity contribution in [2.75, 3.05) is 0 Å². The summed E-state index contributed by atoms with van der Waals surface area (Å²) in [7, 11) is 0. The summed E-state index contributed by atoms with van der Waals surface area (Å²) in [6, 6.07) is 11.8. The fourth-order valence-corrected chi connectivity index (χ4v) is 3.78. The number of carbonyl (C=O) groups is 1. The smallest absolute Gasteiger partial charge is 0.279 e. The summed E-state index contributed by atoms with van der Waals surface area (Å²) in [4.78, 5) is 17.0. The molecular weight excluding hydrogens is 377 g/mol. The lowest BCUT2D eigenvalue weighted by Crippen LogP contribution is -2.16. The number of hydrogen-bond donors (Lipinski definition) is 0. The van der Waals surface area contributed by atoms with Gasteiger partial charge in [0.2, 0.25) is 0 Å². The largest absolute Gasteiger partial charge is 0.303 e. The molecule has 0 atom stereocenters. The molecular formula is C18H9Cl2N3OS. The summed E-state index contributed by atoms with van der Waals surface area (Å²) < 4.78 is 2.52. The fraction of sp³-hybridized carbons (Fsp3) is 0.0556. The minimum Gasteiger partial charge on any atom is -0.303 e. The summed E-state index contributed by atoms with van der Waals surface area (Å²) in [5, 5.41) is 9.60. The summed E-state index contributed by atoms with van der Waals surface area (Å²) >= 11 is 13.7. The Kier molecular flexibility index (Phi) is 4.92. The van der Waals surface area contributed by atoms with Crippen molar-refractivity contribution in [3.63, 3.8) is 0 Å². The van der Waals surface area contributed by atoms with Gasteiger partial charge in [-0.3, -0.25) is 4.79 Å². The second-order valence-corrected chi connectivity index (χ2v) is 6.78. The zero-order chi connectivity index (χ0) is 18.0. The molecule has 4 nitrogen and oxygen atoms in total. The summed E-state index contributed by atoms with van der Waals surface area (Å²) in [6.45, 7) is 0.208. The van der Waals surface area contributed by atoms with E-state index in [4.69, 9.17) is 34.9 Å². The van der Waals surface area contributed by atoms with E-state index in [0.29, 0.717) is 31.5 Å². The van der Waals surface area contributed by atoms with E-state index in [1.54, 1.807) is 34.9 Å². The van der Waals surface area contributed by atoms with Crippen LogP contribution >= 0.6 is 34.5 Å². The first-order valence-electron chi connectivity index (χ1n) is 7.05. The van der Waals surface area contributed by atoms with Crippen molar-refractivity contribution in [3.05, 3.63) is 62.4 Å². The number of halogens is 2. The third-order valence-corrected chi connectivity index (χ3v) is 5.28. The Labute approximate surface area is 157 Å². The lowest BCUT2D eigenvalue weighted by atomic mass is 10.1. The number of carbonyl (C=O) groups excluding carboxylic acids is 1. The number of nitrogens with zero attached hydrogens (tertiary/aromatic N) is 3. The van der Waals surface area contributed by atoms with Crippen molar-refractivity contribution in [2.45, 2.75) is 6.54 Å². The van der Waals surface area contributed by atoms with Gasteiger partial charge in [0, 0.05) is 5.56 Å². The Morgan fingerprint density at radius 1 is 1.24 bits per heavy atom. The Bertz CT molecular complexity index is 1130. The number of benzene rings is 2. The fourth-order valence-electron chi connectivity index (χ4n) is 2.27. The normalized spacial score (nSPS) is 11.3. The SMILES string of the molecule is C#CCn1c(=NC(=O)c2ccc(C#N)cc2)sc2ccc(Cl)c(Cl)c21. The van der Waals surface area contributed by atoms with Crippen molar-refractivity contribution < 1.29 is 4.79 Å². The first kappa shape index (κ1) is 17.3. The quantitative estimate of drug-likeness (QED) is 0.618. The van der Waals surface area contributed by atoms with Crippen LogP contribution in [0.2, 0.25) is 10.0 Å². The number of nitriles is 1. The molecule has 0 spiro atoms. The number of amides is 1. The standard InChI is InChI=1S/C18H9Cl2N3OS/c1-2-9-23-16-14(8-7-13(19)15(16)20)25-18(23)22-17(24)12-5-3-11(10-21)4-6-12/h1,3-8H,9H2. The number of hydrogen-bond acceptors (Lipinski definition) is 3. The van der Waals surface area contributed by atoms with Crippen LogP contribution in [0.25, 0.3) is 10.2 Å². The zero-order valence-electron chi connectivity index (χ0n) is 12.7. The average molecular weight is 386 g/mol. The molecule has 25 heavy (non-hydrogen) atoms. The van der Waals surface area contributed by atoms with E-state index in [9.17, 15) is 4.79 Å². The van der Waals surface area contributed by atoms with Gasteiger partial charge in [0.1, 0.15) is 0 Å². The van der Waals surface area contributed by atoms with Gasteiger partial charge in [-0.25, -0.2) is 0 Å². The highest BCUT2D eigenvalue weighted by molar-refractivity contribution is 7.16. The number of rotatable bonds is 2. The highest BCUT2D eigenvalue weighted by Gasteiger charge is 2.13. The van der Waals surface area contributed by atoms with Gasteiger partial charge in [-0.1, -0.05) is 40.5 Å². The maximum Gasteiger partial charge on any atom is 0.279 e. The van der Waals surface area contributed by atoms with Crippen LogP contribution in [0.3, 0.4) is 0 Å². The zero-order valence-corrected chi connectivity index (χ0v) is 15.0. The molecule has 2 aromatic carbocycles. The van der Waals surface area contributed by atoms with Crippen molar-refractivity contribution in [2.24, 2.45) is 4.99 Å². The first-order valence-corrected chi connectivity index (χ1v) is 8.62. The highest BCUT2D eigenvalue weighted by atomic mass is 35.5. The minimum absolute atomic E-state index is 0.208. The molecule has 122 valence electrons. The third kappa shape index (κ3) is 3.31. The summed E-state index contributed by atoms with van der Waals surface area (Å²) in [6.07, 6.45) is 5.44. The van der Waals surface area contributed by atoms with E-state index in [2.05, 4.69) is 10.9 Å². The van der Waals surface area contributed by atoms with Crippen LogP contribution in [0.4, 0.5) is 0 Å². The lowest BCUT2D eigenvalue weighted by Gasteiger charge is -2.03. The van der Waals surface area contributed by atoms with E-state index in [-0.39, 0.29) is 6.54 Å². The predicted molar refractivity (Wildman–Crippen MR) is 99.7 cm³/mol. The molecule has 0 aliphatic rings. The molecule has 0 fully saturated rings. The molecule has 0 radical (unpaired) electrons. The highest BCUT2D eigenvalue weighted by Crippen LogP contribution is 2.32. The molecule has 1 amide bonds. The molecule has 3 rings (SSSR count). The maximum atomic E-state index is 12.4. The van der Waals surface area contributed by atoms with Crippen LogP contribution in [0.15, 0.2) is 41.4 Å². The predicted octanol–water partition coefficient (Wildman–Crippen LogP) is 4.26. The maximum absolute atomic E-state index is 12.4. The molecule has 0 aliphatic carbocycles. The van der Waals surface area contributed by atoms with Gasteiger partial charge in [0.15, 0.2) is 4.80 Å². The lowest BCUT2D eigenvalue weighted by molar-refractivity contribution is 0.0998. The molecule has 0 saturated heterocycles. The molecule has 0 unspecified atom stereocenters. The molecule has 1 heterocycles. The molecule has 0 aliphatic heterocycles. The van der Waals surface area contributed by atoms with Crippen LogP contribution in [0, 0.1) is 23.7 Å². The number of thiazole rings is 1. The van der Waals surface area contributed by atoms with Crippen LogP contribution in [0.1, 0.15) is 15.9 Å². The topological polar surface area (TPSA) is 58.1 Å². The van der Waals surface area contributed by atoms with E-state index in [1.807, 2.05) is 12.1 Å². The van der Waals surface area contributed by atoms with Gasteiger partial charge in [-0.2, -0.15) is 10.3 Å². The Morgan fingerprint density at radius 3 is 2.60 bits per heavy atom. The minimum atomic E-state index is -0.427. The van der Waals surface area contributed by atoms with Gasteiger partial charge in [0.05, 0.1) is 38.4 Å². The Morgan fingerprint density at radius 2 is 1.96 bits per heavy atom. The van der Waals surface area contributed by atoms with E-state index in [1.165, 1.54) is 11.3 Å². The Hall–Kier alpha value is -2.57. The Balaban J connectivity index is 2.17.